The van der Waals surface area contributed by atoms with Gasteiger partial charge in [0.1, 0.15) is 24.2 Å². The molecule has 1 amide bonds. The molecule has 0 unspecified atom stereocenters. The van der Waals surface area contributed by atoms with E-state index in [0.717, 1.165) is 6.20 Å². The van der Waals surface area contributed by atoms with Crippen molar-refractivity contribution in [2.75, 3.05) is 5.32 Å². The second-order valence-electron chi connectivity index (χ2n) is 4.60. The SMILES string of the molecule is Cc1c([N+](=O)[O-])cnn1CC(=O)Nc1ccc(OC(F)F)c(Cl)c1. The van der Waals surface area contributed by atoms with Gasteiger partial charge in [0.25, 0.3) is 0 Å². The molecule has 24 heavy (non-hydrogen) atoms. The van der Waals surface area contributed by atoms with Crippen molar-refractivity contribution in [3.63, 3.8) is 0 Å². The van der Waals surface area contributed by atoms with Gasteiger partial charge in [-0.15, -0.1) is 0 Å². The molecular formula is C13H11ClF2N4O4. The molecule has 1 aromatic heterocycles. The molecule has 0 aliphatic heterocycles. The molecule has 0 aliphatic carbocycles. The number of alkyl halides is 2. The lowest BCUT2D eigenvalue weighted by atomic mass is 10.3. The van der Waals surface area contributed by atoms with Crippen molar-refractivity contribution in [2.24, 2.45) is 0 Å². The fourth-order valence-electron chi connectivity index (χ4n) is 1.88. The Hall–Kier alpha value is -2.75. The molecule has 2 rings (SSSR count). The number of anilines is 1. The summed E-state index contributed by atoms with van der Waals surface area (Å²) in [6.45, 7) is -1.81. The summed E-state index contributed by atoms with van der Waals surface area (Å²) in [6, 6.07) is 3.77. The molecule has 0 spiro atoms. The van der Waals surface area contributed by atoms with Gasteiger partial charge < -0.3 is 10.1 Å². The highest BCUT2D eigenvalue weighted by Crippen LogP contribution is 2.29. The standard InChI is InChI=1S/C13H11ClF2N4O4/c1-7-10(20(22)23)5-17-19(7)6-12(21)18-8-2-3-11(9(14)4-8)24-13(15)16/h2-5,13H,6H2,1H3,(H,18,21). The van der Waals surface area contributed by atoms with Gasteiger partial charge in [-0.05, 0) is 25.1 Å². The molecule has 1 heterocycles. The molecule has 0 atom stereocenters. The Labute approximate surface area is 139 Å². The molecule has 0 bridgehead atoms. The summed E-state index contributed by atoms with van der Waals surface area (Å²) in [5.74, 6) is -0.738. The number of benzene rings is 1. The first-order chi connectivity index (χ1) is 11.3. The summed E-state index contributed by atoms with van der Waals surface area (Å²) >= 11 is 5.78. The van der Waals surface area contributed by atoms with Crippen molar-refractivity contribution in [2.45, 2.75) is 20.1 Å². The number of amides is 1. The summed E-state index contributed by atoms with van der Waals surface area (Å²) in [6.07, 6.45) is 1.05. The average molecular weight is 361 g/mol. The Morgan fingerprint density at radius 2 is 2.25 bits per heavy atom. The fourth-order valence-corrected chi connectivity index (χ4v) is 2.11. The largest absolute Gasteiger partial charge is 0.433 e. The molecule has 11 heteroatoms. The van der Waals surface area contributed by atoms with E-state index in [-0.39, 0.29) is 34.4 Å². The van der Waals surface area contributed by atoms with Crippen LogP contribution >= 0.6 is 11.6 Å². The van der Waals surface area contributed by atoms with Crippen LogP contribution in [-0.4, -0.2) is 27.2 Å². The highest BCUT2D eigenvalue weighted by molar-refractivity contribution is 6.32. The molecule has 128 valence electrons. The van der Waals surface area contributed by atoms with Crippen LogP contribution in [0, 0.1) is 17.0 Å². The topological polar surface area (TPSA) is 99.3 Å². The number of aromatic nitrogens is 2. The number of carbonyl (C=O) groups is 1. The maximum Gasteiger partial charge on any atom is 0.387 e. The van der Waals surface area contributed by atoms with E-state index < -0.39 is 17.4 Å². The molecule has 0 saturated carbocycles. The van der Waals surface area contributed by atoms with Crippen LogP contribution in [0.2, 0.25) is 5.02 Å². The van der Waals surface area contributed by atoms with Crippen molar-refractivity contribution < 1.29 is 23.2 Å². The zero-order valence-electron chi connectivity index (χ0n) is 12.2. The minimum absolute atomic E-state index is 0.0981. The Balaban J connectivity index is 2.05. The Morgan fingerprint density at radius 1 is 1.54 bits per heavy atom. The summed E-state index contributed by atoms with van der Waals surface area (Å²) in [4.78, 5) is 22.1. The van der Waals surface area contributed by atoms with Crippen molar-refractivity contribution >= 4 is 28.9 Å². The molecule has 0 fully saturated rings. The van der Waals surface area contributed by atoms with E-state index in [9.17, 15) is 23.7 Å². The number of halogens is 3. The van der Waals surface area contributed by atoms with Gasteiger partial charge in [0.05, 0.1) is 9.95 Å². The smallest absolute Gasteiger partial charge is 0.387 e. The monoisotopic (exact) mass is 360 g/mol. The molecule has 0 aliphatic rings. The molecule has 0 radical (unpaired) electrons. The van der Waals surface area contributed by atoms with Crippen molar-refractivity contribution in [1.29, 1.82) is 0 Å². The van der Waals surface area contributed by atoms with E-state index in [4.69, 9.17) is 11.6 Å². The van der Waals surface area contributed by atoms with Gasteiger partial charge in [-0.3, -0.25) is 19.6 Å². The van der Waals surface area contributed by atoms with Gasteiger partial charge in [-0.1, -0.05) is 11.6 Å². The molecule has 8 nitrogen and oxygen atoms in total. The lowest BCUT2D eigenvalue weighted by molar-refractivity contribution is -0.385. The third-order valence-corrected chi connectivity index (χ3v) is 3.29. The second kappa shape index (κ2) is 7.21. The minimum Gasteiger partial charge on any atom is -0.433 e. The lowest BCUT2D eigenvalue weighted by Gasteiger charge is -2.10. The van der Waals surface area contributed by atoms with Crippen molar-refractivity contribution in [1.82, 2.24) is 9.78 Å². The second-order valence-corrected chi connectivity index (χ2v) is 5.01. The number of hydrogen-bond donors (Lipinski definition) is 1. The normalized spacial score (nSPS) is 10.7. The van der Waals surface area contributed by atoms with Crippen LogP contribution in [0.25, 0.3) is 0 Å². The maximum absolute atomic E-state index is 12.1. The predicted molar refractivity (Wildman–Crippen MR) is 80.3 cm³/mol. The maximum atomic E-state index is 12.1. The number of nitrogens with zero attached hydrogens (tertiary/aromatic N) is 3. The van der Waals surface area contributed by atoms with Gasteiger partial charge in [-0.25, -0.2) is 0 Å². The number of nitro groups is 1. The first-order valence-electron chi connectivity index (χ1n) is 6.49. The van der Waals surface area contributed by atoms with Crippen LogP contribution in [0.3, 0.4) is 0 Å². The van der Waals surface area contributed by atoms with Crippen LogP contribution in [0.1, 0.15) is 5.69 Å². The van der Waals surface area contributed by atoms with Gasteiger partial charge in [0, 0.05) is 5.69 Å². The van der Waals surface area contributed by atoms with E-state index in [2.05, 4.69) is 15.2 Å². The van der Waals surface area contributed by atoms with Crippen LogP contribution < -0.4 is 10.1 Å². The third kappa shape index (κ3) is 4.16. The lowest BCUT2D eigenvalue weighted by Crippen LogP contribution is -2.20. The van der Waals surface area contributed by atoms with Crippen LogP contribution in [0.5, 0.6) is 5.75 Å². The van der Waals surface area contributed by atoms with Gasteiger partial charge >= 0.3 is 12.3 Å². The summed E-state index contributed by atoms with van der Waals surface area (Å²) < 4.78 is 29.6. The van der Waals surface area contributed by atoms with Crippen LogP contribution in [0.15, 0.2) is 24.4 Å². The van der Waals surface area contributed by atoms with Gasteiger partial charge in [0.2, 0.25) is 5.91 Å². The number of hydrogen-bond acceptors (Lipinski definition) is 5. The predicted octanol–water partition coefficient (Wildman–Crippen LogP) is 2.99. The van der Waals surface area contributed by atoms with Crippen LogP contribution in [0.4, 0.5) is 20.2 Å². The molecule has 2 aromatic rings. The number of carbonyl (C=O) groups excluding carboxylic acids is 1. The summed E-state index contributed by atoms with van der Waals surface area (Å²) in [5, 5.41) is 16.9. The van der Waals surface area contributed by atoms with E-state index in [1.807, 2.05) is 0 Å². The fraction of sp³-hybridized carbons (Fsp3) is 0.231. The molecule has 1 N–H and O–H groups in total. The molecule has 0 saturated heterocycles. The van der Waals surface area contributed by atoms with E-state index >= 15 is 0 Å². The zero-order valence-corrected chi connectivity index (χ0v) is 13.0. The van der Waals surface area contributed by atoms with Gasteiger partial charge in [0.15, 0.2) is 0 Å². The number of rotatable bonds is 6. The zero-order chi connectivity index (χ0) is 17.9. The summed E-state index contributed by atoms with van der Waals surface area (Å²) in [7, 11) is 0. The highest BCUT2D eigenvalue weighted by atomic mass is 35.5. The van der Waals surface area contributed by atoms with E-state index in [0.29, 0.717) is 0 Å². The van der Waals surface area contributed by atoms with Crippen molar-refractivity contribution in [3.05, 3.63) is 45.2 Å². The summed E-state index contributed by atoms with van der Waals surface area (Å²) in [5.41, 5.74) is 0.291. The van der Waals surface area contributed by atoms with Crippen LogP contribution in [-0.2, 0) is 11.3 Å². The molecule has 1 aromatic carbocycles. The number of nitrogens with one attached hydrogen (secondary N) is 1. The minimum atomic E-state index is -3.01. The average Bonchev–Trinajstić information content (AvgIpc) is 2.83. The highest BCUT2D eigenvalue weighted by Gasteiger charge is 2.18. The quantitative estimate of drug-likeness (QED) is 0.630. The number of ether oxygens (including phenoxy) is 1. The third-order valence-electron chi connectivity index (χ3n) is 3.00. The first-order valence-corrected chi connectivity index (χ1v) is 6.86. The van der Waals surface area contributed by atoms with E-state index in [1.165, 1.54) is 29.8 Å². The Kier molecular flexibility index (Phi) is 5.29. The first kappa shape index (κ1) is 17.6. The molecular weight excluding hydrogens is 350 g/mol. The van der Waals surface area contributed by atoms with E-state index in [1.54, 1.807) is 0 Å². The Bertz CT molecular complexity index is 781. The van der Waals surface area contributed by atoms with Gasteiger partial charge in [-0.2, -0.15) is 13.9 Å². The van der Waals surface area contributed by atoms with Crippen molar-refractivity contribution in [3.8, 4) is 5.75 Å². The Morgan fingerprint density at radius 3 is 2.79 bits per heavy atom.